The number of nitrogens with two attached hydrogens (primary N) is 1. The van der Waals surface area contributed by atoms with E-state index in [0.717, 1.165) is 47.3 Å². The summed E-state index contributed by atoms with van der Waals surface area (Å²) in [6.07, 6.45) is 14.7. The Morgan fingerprint density at radius 3 is 1.07 bits per heavy atom. The minimum absolute atomic E-state index is 0.208. The molecule has 0 aliphatic heterocycles. The van der Waals surface area contributed by atoms with Crippen molar-refractivity contribution in [3.05, 3.63) is 0 Å². The molecule has 0 radical (unpaired) electrons. The summed E-state index contributed by atoms with van der Waals surface area (Å²) < 4.78 is 0.338. The van der Waals surface area contributed by atoms with E-state index in [2.05, 4.69) is 41.8 Å². The molecular formula is C22H34N2O2Se2. The van der Waals surface area contributed by atoms with Crippen LogP contribution in [0.15, 0.2) is 0 Å². The van der Waals surface area contributed by atoms with Crippen LogP contribution in [0.4, 0.5) is 0 Å². The van der Waals surface area contributed by atoms with Crippen LogP contribution in [0.3, 0.4) is 0 Å². The van der Waals surface area contributed by atoms with E-state index in [0.29, 0.717) is 16.8 Å². The quantitative estimate of drug-likeness (QED) is 0.503. The summed E-state index contributed by atoms with van der Waals surface area (Å²) in [6.45, 7) is 0. The molecule has 156 valence electrons. The summed E-state index contributed by atoms with van der Waals surface area (Å²) >= 11 is 5.21. The Labute approximate surface area is 184 Å². The fourth-order valence-electron chi connectivity index (χ4n) is 9.16. The van der Waals surface area contributed by atoms with Crippen LogP contribution in [-0.2, 0) is 0 Å². The van der Waals surface area contributed by atoms with Gasteiger partial charge in [0.1, 0.15) is 0 Å². The number of hydrogen-bond acceptors (Lipinski definition) is 4. The summed E-state index contributed by atoms with van der Waals surface area (Å²) in [7, 11) is 0. The van der Waals surface area contributed by atoms with Gasteiger partial charge >= 0.3 is 185 Å². The van der Waals surface area contributed by atoms with E-state index in [1.807, 2.05) is 0 Å². The summed E-state index contributed by atoms with van der Waals surface area (Å²) in [6, 6.07) is 1.31. The summed E-state index contributed by atoms with van der Waals surface area (Å²) in [5, 5.41) is 18.5. The normalized spacial score (nSPS) is 49.4. The van der Waals surface area contributed by atoms with E-state index < -0.39 is 0 Å². The molecule has 0 heterocycles. The molecule has 0 aromatic rings. The Hall–Kier alpha value is -0.0210. The van der Waals surface area contributed by atoms with Gasteiger partial charge in [-0.25, -0.2) is 0 Å². The summed E-state index contributed by atoms with van der Waals surface area (Å²) in [5.74, 6) is 7.56. The molecule has 8 aliphatic rings. The van der Waals surface area contributed by atoms with Gasteiger partial charge in [0, 0.05) is 0 Å². The topological polar surface area (TPSA) is 69.7 Å². The predicted molar refractivity (Wildman–Crippen MR) is 113 cm³/mol. The third kappa shape index (κ3) is 3.51. The molecule has 0 spiro atoms. The first-order valence-electron chi connectivity index (χ1n) is 11.4. The average molecular weight is 516 g/mol. The van der Waals surface area contributed by atoms with Gasteiger partial charge in [-0.3, -0.25) is 0 Å². The maximum atomic E-state index is 10.8. The third-order valence-electron chi connectivity index (χ3n) is 9.22. The molecule has 0 aromatic heterocycles. The summed E-state index contributed by atoms with van der Waals surface area (Å²) in [4.78, 5) is 2.60. The van der Waals surface area contributed by atoms with Crippen LogP contribution in [0.25, 0.3) is 0 Å². The van der Waals surface area contributed by atoms with Crippen molar-refractivity contribution in [3.8, 4) is 0 Å². The molecule has 0 aromatic carbocycles. The van der Waals surface area contributed by atoms with Crippen LogP contribution < -0.4 is 5.73 Å². The van der Waals surface area contributed by atoms with Crippen LogP contribution in [0.5, 0.6) is 0 Å². The molecule has 6 heteroatoms. The van der Waals surface area contributed by atoms with Gasteiger partial charge in [-0.05, 0) is 0 Å². The SMILES string of the molecule is NC(O)=[Se].OC(=[Se])N(C1C2CC3CC(C2)CC1C3)C1C2CC3CC(C2)CC1C3. The van der Waals surface area contributed by atoms with Crippen molar-refractivity contribution in [1.29, 1.82) is 0 Å². The maximum absolute atomic E-state index is 10.8. The minimum atomic E-state index is -0.208. The first-order valence-corrected chi connectivity index (χ1v) is 13.1. The second-order valence-electron chi connectivity index (χ2n) is 10.9. The Morgan fingerprint density at radius 1 is 0.607 bits per heavy atom. The molecular weight excluding hydrogens is 482 g/mol. The predicted octanol–water partition coefficient (Wildman–Crippen LogP) is 2.14. The van der Waals surface area contributed by atoms with Gasteiger partial charge in [-0.1, -0.05) is 0 Å². The Kier molecular flexibility index (Phi) is 5.40. The number of aliphatic hydroxyl groups excluding tert-OH is 2. The van der Waals surface area contributed by atoms with Crippen LogP contribution in [0.2, 0.25) is 0 Å². The van der Waals surface area contributed by atoms with Crippen molar-refractivity contribution in [2.24, 2.45) is 53.1 Å². The molecule has 8 rings (SSSR count). The standard InChI is InChI=1S/C21H31NOSe.CH3NOSe/c23-21(24)22(19-15-3-11-1-12(5-15)6-16(19)4-11)20-17-7-13-2-14(9-17)10-18(20)8-13;2-1(3)4/h11-20H,1-10H2,(H,23,24);(H3,2,3,4). The zero-order chi connectivity index (χ0) is 19.6. The molecule has 0 unspecified atom stereocenters. The van der Waals surface area contributed by atoms with E-state index in [-0.39, 0.29) is 4.73 Å². The molecule has 4 nitrogen and oxygen atoms in total. The van der Waals surface area contributed by atoms with Gasteiger partial charge in [0.2, 0.25) is 0 Å². The molecule has 8 bridgehead atoms. The van der Waals surface area contributed by atoms with Gasteiger partial charge < -0.3 is 0 Å². The van der Waals surface area contributed by atoms with Crippen LogP contribution in [0.1, 0.15) is 64.2 Å². The first kappa shape index (κ1) is 19.9. The molecule has 8 fully saturated rings. The fraction of sp³-hybridized carbons (Fsp3) is 0.909. The van der Waals surface area contributed by atoms with Crippen LogP contribution >= 0.6 is 0 Å². The zero-order valence-electron chi connectivity index (χ0n) is 16.6. The molecule has 0 saturated heterocycles. The zero-order valence-corrected chi connectivity index (χ0v) is 20.0. The Morgan fingerprint density at radius 2 is 0.857 bits per heavy atom. The molecule has 0 amide bonds. The average Bonchev–Trinajstić information content (AvgIpc) is 2.57. The van der Waals surface area contributed by atoms with Crippen molar-refractivity contribution in [2.75, 3.05) is 0 Å². The van der Waals surface area contributed by atoms with Gasteiger partial charge in [0.15, 0.2) is 0 Å². The Bertz CT molecular complexity index is 552. The second kappa shape index (κ2) is 7.59. The van der Waals surface area contributed by atoms with E-state index in [1.54, 1.807) is 0 Å². The van der Waals surface area contributed by atoms with Crippen molar-refractivity contribution < 1.29 is 10.2 Å². The van der Waals surface area contributed by atoms with Gasteiger partial charge in [-0.15, -0.1) is 0 Å². The molecule has 4 N–H and O–H groups in total. The molecule has 0 atom stereocenters. The molecule has 8 saturated carbocycles. The molecule has 28 heavy (non-hydrogen) atoms. The van der Waals surface area contributed by atoms with Crippen molar-refractivity contribution in [3.63, 3.8) is 0 Å². The van der Waals surface area contributed by atoms with E-state index in [9.17, 15) is 5.11 Å². The summed E-state index contributed by atoms with van der Waals surface area (Å²) in [5.41, 5.74) is 4.53. The number of rotatable bonds is 3. The van der Waals surface area contributed by atoms with Gasteiger partial charge in [-0.2, -0.15) is 0 Å². The van der Waals surface area contributed by atoms with Crippen molar-refractivity contribution in [1.82, 2.24) is 4.90 Å². The van der Waals surface area contributed by atoms with Gasteiger partial charge in [0.25, 0.3) is 0 Å². The first-order chi connectivity index (χ1) is 13.4. The van der Waals surface area contributed by atoms with E-state index in [1.165, 1.54) is 64.2 Å². The number of hydrogen-bond donors (Lipinski definition) is 3. The van der Waals surface area contributed by atoms with Crippen LogP contribution in [0, 0.1) is 47.3 Å². The van der Waals surface area contributed by atoms with E-state index in [4.69, 9.17) is 5.11 Å². The number of nitrogens with zero attached hydrogens (tertiary/aromatic N) is 1. The second-order valence-corrected chi connectivity index (χ2v) is 12.5. The fourth-order valence-corrected chi connectivity index (χ4v) is 9.67. The number of aliphatic hydroxyl groups is 2. The Balaban J connectivity index is 0.000000393. The van der Waals surface area contributed by atoms with Crippen molar-refractivity contribution >= 4 is 40.6 Å². The monoisotopic (exact) mass is 518 g/mol. The molecule has 8 aliphatic carbocycles. The van der Waals surface area contributed by atoms with Crippen LogP contribution in [-0.4, -0.2) is 67.8 Å². The third-order valence-corrected chi connectivity index (χ3v) is 9.66. The van der Waals surface area contributed by atoms with E-state index >= 15 is 0 Å². The van der Waals surface area contributed by atoms with Gasteiger partial charge in [0.05, 0.1) is 0 Å². The van der Waals surface area contributed by atoms with Crippen molar-refractivity contribution in [2.45, 2.75) is 76.3 Å².